The van der Waals surface area contributed by atoms with E-state index < -0.39 is 17.7 Å². The average Bonchev–Trinajstić information content (AvgIpc) is 2.82. The Labute approximate surface area is 119 Å². The molecule has 0 aliphatic rings. The number of carbonyl (C=O) groups is 2. The van der Waals surface area contributed by atoms with Gasteiger partial charge in [0, 0.05) is 11.8 Å². The number of aromatic hydroxyl groups is 1. The van der Waals surface area contributed by atoms with E-state index >= 15 is 0 Å². The number of amides is 2. The van der Waals surface area contributed by atoms with Crippen molar-refractivity contribution in [3.63, 3.8) is 0 Å². The molecule has 0 unspecified atom stereocenters. The number of oxazole rings is 1. The van der Waals surface area contributed by atoms with Gasteiger partial charge >= 0.3 is 12.0 Å². The van der Waals surface area contributed by atoms with E-state index in [1.54, 1.807) is 6.92 Å². The van der Waals surface area contributed by atoms with Crippen molar-refractivity contribution in [3.05, 3.63) is 41.6 Å². The number of phenols is 1. The van der Waals surface area contributed by atoms with Crippen molar-refractivity contribution in [1.82, 2.24) is 10.3 Å². The van der Waals surface area contributed by atoms with Crippen LogP contribution in [0.2, 0.25) is 0 Å². The van der Waals surface area contributed by atoms with Crippen molar-refractivity contribution >= 4 is 17.7 Å². The number of benzene rings is 1. The van der Waals surface area contributed by atoms with Crippen LogP contribution in [0.5, 0.6) is 5.75 Å². The predicted molar refractivity (Wildman–Crippen MR) is 72.2 cm³/mol. The van der Waals surface area contributed by atoms with Gasteiger partial charge in [0.25, 0.3) is 0 Å². The minimum absolute atomic E-state index is 0.110. The van der Waals surface area contributed by atoms with Crippen LogP contribution in [0.25, 0.3) is 0 Å². The third kappa shape index (κ3) is 3.72. The normalized spacial score (nSPS) is 10.1. The number of carbonyl (C=O) groups excluding carboxylic acids is 1. The monoisotopic (exact) mass is 291 g/mol. The summed E-state index contributed by atoms with van der Waals surface area (Å²) >= 11 is 0. The summed E-state index contributed by atoms with van der Waals surface area (Å²) in [7, 11) is 0. The summed E-state index contributed by atoms with van der Waals surface area (Å²) in [4.78, 5) is 26.3. The maximum Gasteiger partial charge on any atom is 0.339 e. The van der Waals surface area contributed by atoms with Crippen LogP contribution in [-0.2, 0) is 6.54 Å². The Morgan fingerprint density at radius 2 is 2.14 bits per heavy atom. The van der Waals surface area contributed by atoms with Gasteiger partial charge < -0.3 is 25.3 Å². The molecule has 8 heteroatoms. The Balaban J connectivity index is 1.93. The second-order valence-corrected chi connectivity index (χ2v) is 4.21. The molecule has 1 aromatic heterocycles. The summed E-state index contributed by atoms with van der Waals surface area (Å²) in [6.07, 6.45) is 1.54. The van der Waals surface area contributed by atoms with Gasteiger partial charge in [0.2, 0.25) is 5.89 Å². The highest BCUT2D eigenvalue weighted by Crippen LogP contribution is 2.21. The molecule has 0 spiro atoms. The molecule has 2 amide bonds. The third-order valence-corrected chi connectivity index (χ3v) is 2.56. The lowest BCUT2D eigenvalue weighted by Crippen LogP contribution is -2.28. The highest BCUT2D eigenvalue weighted by molar-refractivity contribution is 5.93. The molecule has 0 radical (unpaired) electrons. The van der Waals surface area contributed by atoms with Crippen molar-refractivity contribution < 1.29 is 24.2 Å². The maximum absolute atomic E-state index is 11.6. The highest BCUT2D eigenvalue weighted by atomic mass is 16.4. The average molecular weight is 291 g/mol. The largest absolute Gasteiger partial charge is 0.507 e. The van der Waals surface area contributed by atoms with Crippen molar-refractivity contribution in [3.8, 4) is 5.75 Å². The molecular weight excluding hydrogens is 278 g/mol. The van der Waals surface area contributed by atoms with Crippen molar-refractivity contribution in [2.75, 3.05) is 5.32 Å². The van der Waals surface area contributed by atoms with Crippen molar-refractivity contribution in [2.45, 2.75) is 13.5 Å². The molecular formula is C13H13N3O5. The summed E-state index contributed by atoms with van der Waals surface area (Å²) < 4.78 is 5.19. The molecule has 21 heavy (non-hydrogen) atoms. The van der Waals surface area contributed by atoms with Crippen molar-refractivity contribution in [2.24, 2.45) is 0 Å². The van der Waals surface area contributed by atoms with Gasteiger partial charge in [0.05, 0.1) is 12.7 Å². The fraction of sp³-hybridized carbons (Fsp3) is 0.154. The predicted octanol–water partition coefficient (Wildman–Crippen LogP) is 1.71. The molecule has 0 saturated carbocycles. The zero-order chi connectivity index (χ0) is 15.4. The lowest BCUT2D eigenvalue weighted by Gasteiger charge is -2.07. The first-order valence-corrected chi connectivity index (χ1v) is 5.98. The SMILES string of the molecule is Cc1cnc(CNC(=O)Nc2ccc(C(=O)O)c(O)c2)o1. The van der Waals surface area contributed by atoms with Gasteiger partial charge in [-0.2, -0.15) is 0 Å². The first-order valence-electron chi connectivity index (χ1n) is 5.98. The number of urea groups is 1. The van der Waals surface area contributed by atoms with Gasteiger partial charge in [-0.15, -0.1) is 0 Å². The summed E-state index contributed by atoms with van der Waals surface area (Å²) in [6.45, 7) is 1.85. The zero-order valence-corrected chi connectivity index (χ0v) is 11.1. The topological polar surface area (TPSA) is 125 Å². The minimum atomic E-state index is -1.25. The number of nitrogens with zero attached hydrogens (tertiary/aromatic N) is 1. The van der Waals surface area contributed by atoms with Gasteiger partial charge in [0.15, 0.2) is 0 Å². The number of nitrogens with one attached hydrogen (secondary N) is 2. The highest BCUT2D eigenvalue weighted by Gasteiger charge is 2.11. The molecule has 0 fully saturated rings. The third-order valence-electron chi connectivity index (χ3n) is 2.56. The summed E-state index contributed by atoms with van der Waals surface area (Å²) in [5, 5.41) is 23.2. The van der Waals surface area contributed by atoms with Crippen LogP contribution in [0.4, 0.5) is 10.5 Å². The van der Waals surface area contributed by atoms with Crippen LogP contribution in [0.3, 0.4) is 0 Å². The van der Waals surface area contributed by atoms with E-state index in [2.05, 4.69) is 15.6 Å². The number of hydrogen-bond acceptors (Lipinski definition) is 5. The van der Waals surface area contributed by atoms with E-state index in [4.69, 9.17) is 9.52 Å². The quantitative estimate of drug-likeness (QED) is 0.679. The minimum Gasteiger partial charge on any atom is -0.507 e. The lowest BCUT2D eigenvalue weighted by atomic mass is 10.2. The molecule has 4 N–H and O–H groups in total. The van der Waals surface area contributed by atoms with Crippen molar-refractivity contribution in [1.29, 1.82) is 0 Å². The Bertz CT molecular complexity index is 680. The molecule has 8 nitrogen and oxygen atoms in total. The number of carboxylic acid groups (broad SMARTS) is 1. The number of carboxylic acids is 1. The molecule has 110 valence electrons. The Morgan fingerprint density at radius 1 is 1.38 bits per heavy atom. The molecule has 1 aromatic carbocycles. The van der Waals surface area contributed by atoms with Gasteiger partial charge in [-0.1, -0.05) is 0 Å². The number of rotatable bonds is 4. The zero-order valence-electron chi connectivity index (χ0n) is 11.1. The first-order chi connectivity index (χ1) is 9.95. The van der Waals surface area contributed by atoms with Gasteiger partial charge in [-0.05, 0) is 19.1 Å². The number of hydrogen-bond donors (Lipinski definition) is 4. The molecule has 1 heterocycles. The molecule has 0 bridgehead atoms. The van der Waals surface area contributed by atoms with E-state index in [-0.39, 0.29) is 17.8 Å². The Hall–Kier alpha value is -3.03. The van der Waals surface area contributed by atoms with E-state index in [0.29, 0.717) is 11.7 Å². The second-order valence-electron chi connectivity index (χ2n) is 4.21. The standard InChI is InChI=1S/C13H13N3O5/c1-7-5-14-11(21-7)6-15-13(20)16-8-2-3-9(12(18)19)10(17)4-8/h2-5,17H,6H2,1H3,(H,18,19)(H2,15,16,20). The lowest BCUT2D eigenvalue weighted by molar-refractivity contribution is 0.0694. The molecule has 0 atom stereocenters. The smallest absolute Gasteiger partial charge is 0.339 e. The van der Waals surface area contributed by atoms with E-state index in [9.17, 15) is 14.7 Å². The number of anilines is 1. The summed E-state index contributed by atoms with van der Waals surface area (Å²) in [6, 6.07) is 3.19. The summed E-state index contributed by atoms with van der Waals surface area (Å²) in [5.74, 6) is -0.667. The van der Waals surface area contributed by atoms with E-state index in [0.717, 1.165) is 6.07 Å². The number of aryl methyl sites for hydroxylation is 1. The number of aromatic carboxylic acids is 1. The van der Waals surface area contributed by atoms with Crippen LogP contribution < -0.4 is 10.6 Å². The fourth-order valence-corrected chi connectivity index (χ4v) is 1.60. The number of aromatic nitrogens is 1. The van der Waals surface area contributed by atoms with Gasteiger partial charge in [0.1, 0.15) is 17.1 Å². The van der Waals surface area contributed by atoms with Crippen LogP contribution >= 0.6 is 0 Å². The molecule has 0 aliphatic heterocycles. The van der Waals surface area contributed by atoms with Crippen LogP contribution in [-0.4, -0.2) is 27.2 Å². The van der Waals surface area contributed by atoms with E-state index in [1.807, 2.05) is 0 Å². The fourth-order valence-electron chi connectivity index (χ4n) is 1.60. The molecule has 2 aromatic rings. The molecule has 0 aliphatic carbocycles. The second kappa shape index (κ2) is 5.95. The van der Waals surface area contributed by atoms with Crippen LogP contribution in [0, 0.1) is 6.92 Å². The van der Waals surface area contributed by atoms with E-state index in [1.165, 1.54) is 18.3 Å². The molecule has 0 saturated heterocycles. The van der Waals surface area contributed by atoms with Crippen LogP contribution in [0.15, 0.2) is 28.8 Å². The Kier molecular flexibility index (Phi) is 4.07. The molecule has 2 rings (SSSR count). The van der Waals surface area contributed by atoms with Gasteiger partial charge in [-0.25, -0.2) is 14.6 Å². The summed E-state index contributed by atoms with van der Waals surface area (Å²) in [5.41, 5.74) is 0.0230. The maximum atomic E-state index is 11.6. The van der Waals surface area contributed by atoms with Gasteiger partial charge in [-0.3, -0.25) is 0 Å². The first kappa shape index (κ1) is 14.4. The van der Waals surface area contributed by atoms with Crippen LogP contribution in [0.1, 0.15) is 22.0 Å². The Morgan fingerprint density at radius 3 is 2.71 bits per heavy atom.